The second-order valence-corrected chi connectivity index (χ2v) is 12.5. The van der Waals surface area contributed by atoms with Crippen LogP contribution in [0.2, 0.25) is 0 Å². The van der Waals surface area contributed by atoms with E-state index in [1.165, 1.54) is 71.1 Å². The molecule has 1 atom stereocenters. The van der Waals surface area contributed by atoms with Crippen LogP contribution in [0.3, 0.4) is 0 Å². The highest BCUT2D eigenvalue weighted by Crippen LogP contribution is 2.15. The molecule has 0 heterocycles. The zero-order chi connectivity index (χ0) is 30.2. The van der Waals surface area contributed by atoms with Gasteiger partial charge >= 0.3 is 0 Å². The standard InChI is InChI=1S/C40H64/c1-33(2)19-13-23-37(7)27-17-31-39(9)29-15-25-35(5)21-11-12-22-36(6)26-16-30-40(10)32-18-28-38(8)24-14-20-34(3)4/h11-12,17,19-22,27-30,37H,13-16,18,23-26,31-32H2,1-10H3/b12-11+,27-17+,35-21+,36-22+,38-28+,39-29+,40-30+. The molecule has 0 saturated carbocycles. The summed E-state index contributed by atoms with van der Waals surface area (Å²) in [6.07, 6.45) is 38.3. The van der Waals surface area contributed by atoms with Gasteiger partial charge in [-0.05, 0) is 139 Å². The lowest BCUT2D eigenvalue weighted by molar-refractivity contribution is 0.654. The molecule has 0 aromatic carbocycles. The van der Waals surface area contributed by atoms with Crippen molar-refractivity contribution in [3.05, 3.63) is 106 Å². The smallest absolute Gasteiger partial charge is 0.0141 e. The van der Waals surface area contributed by atoms with Crippen LogP contribution in [0.25, 0.3) is 0 Å². The number of hydrogen-bond acceptors (Lipinski definition) is 0. The summed E-state index contributed by atoms with van der Waals surface area (Å²) in [6, 6.07) is 0. The van der Waals surface area contributed by atoms with Gasteiger partial charge in [-0.15, -0.1) is 0 Å². The Hall–Kier alpha value is -2.34. The van der Waals surface area contributed by atoms with Crippen molar-refractivity contribution in [2.24, 2.45) is 5.92 Å². The lowest BCUT2D eigenvalue weighted by Crippen LogP contribution is -1.88. The molecule has 0 amide bonds. The molecular weight excluding hydrogens is 480 g/mol. The molecular formula is C40H64. The van der Waals surface area contributed by atoms with Gasteiger partial charge in [-0.25, -0.2) is 0 Å². The lowest BCUT2D eigenvalue weighted by atomic mass is 10.0. The third-order valence-corrected chi connectivity index (χ3v) is 7.14. The molecule has 0 spiro atoms. The van der Waals surface area contributed by atoms with E-state index in [0.29, 0.717) is 5.92 Å². The van der Waals surface area contributed by atoms with Crippen molar-refractivity contribution < 1.29 is 0 Å². The van der Waals surface area contributed by atoms with Gasteiger partial charge < -0.3 is 0 Å². The van der Waals surface area contributed by atoms with Crippen molar-refractivity contribution in [1.82, 2.24) is 0 Å². The molecule has 0 aromatic heterocycles. The molecule has 0 heteroatoms. The SMILES string of the molecule is CC(C)=CCC/C(C)=C/CC/C(C)=C/CC/C(C)=C/C=C/C=C(\C)CC/C=C(\C)C/C=C/C(C)CCC=C(C)C. The summed E-state index contributed by atoms with van der Waals surface area (Å²) in [4.78, 5) is 0. The number of hydrogen-bond donors (Lipinski definition) is 0. The van der Waals surface area contributed by atoms with E-state index in [0.717, 1.165) is 38.5 Å². The molecule has 0 nitrogen and oxygen atoms in total. The Labute approximate surface area is 251 Å². The summed E-state index contributed by atoms with van der Waals surface area (Å²) in [7, 11) is 0. The Morgan fingerprint density at radius 3 is 1.35 bits per heavy atom. The summed E-state index contributed by atoms with van der Waals surface area (Å²) in [5.41, 5.74) is 10.2. The van der Waals surface area contributed by atoms with E-state index in [9.17, 15) is 0 Å². The Morgan fingerprint density at radius 2 is 0.875 bits per heavy atom. The first-order chi connectivity index (χ1) is 19.0. The van der Waals surface area contributed by atoms with Crippen LogP contribution in [-0.2, 0) is 0 Å². The molecule has 0 aliphatic rings. The number of rotatable bonds is 20. The van der Waals surface area contributed by atoms with Crippen LogP contribution >= 0.6 is 0 Å². The van der Waals surface area contributed by atoms with Gasteiger partial charge in [0.2, 0.25) is 0 Å². The van der Waals surface area contributed by atoms with Crippen molar-refractivity contribution in [3.63, 3.8) is 0 Å². The maximum absolute atomic E-state index is 2.43. The summed E-state index contributed by atoms with van der Waals surface area (Å²) in [6.45, 7) is 22.3. The van der Waals surface area contributed by atoms with Crippen molar-refractivity contribution in [1.29, 1.82) is 0 Å². The molecule has 40 heavy (non-hydrogen) atoms. The number of allylic oxidation sites excluding steroid dienone is 18. The lowest BCUT2D eigenvalue weighted by Gasteiger charge is -2.04. The van der Waals surface area contributed by atoms with E-state index in [1.807, 2.05) is 0 Å². The Kier molecular flexibility index (Phi) is 23.0. The molecule has 0 aliphatic heterocycles. The molecule has 0 bridgehead atoms. The fourth-order valence-corrected chi connectivity index (χ4v) is 4.34. The fourth-order valence-electron chi connectivity index (χ4n) is 4.34. The van der Waals surface area contributed by atoms with Gasteiger partial charge in [0, 0.05) is 0 Å². The normalized spacial score (nSPS) is 14.8. The van der Waals surface area contributed by atoms with Gasteiger partial charge in [-0.3, -0.25) is 0 Å². The average molecular weight is 545 g/mol. The largest absolute Gasteiger partial charge is 0.0859 e. The van der Waals surface area contributed by atoms with Crippen molar-refractivity contribution >= 4 is 0 Å². The van der Waals surface area contributed by atoms with Crippen LogP contribution in [0.1, 0.15) is 140 Å². The predicted molar refractivity (Wildman–Crippen MR) is 186 cm³/mol. The fraction of sp³-hybridized carbons (Fsp3) is 0.550. The van der Waals surface area contributed by atoms with Crippen LogP contribution < -0.4 is 0 Å². The molecule has 0 aromatic rings. The van der Waals surface area contributed by atoms with E-state index in [4.69, 9.17) is 0 Å². The highest BCUT2D eigenvalue weighted by atomic mass is 14.0. The first-order valence-corrected chi connectivity index (χ1v) is 15.9. The summed E-state index contributed by atoms with van der Waals surface area (Å²) >= 11 is 0. The molecule has 0 N–H and O–H groups in total. The van der Waals surface area contributed by atoms with Gasteiger partial charge in [0.15, 0.2) is 0 Å². The zero-order valence-electron chi connectivity index (χ0n) is 28.2. The third-order valence-electron chi connectivity index (χ3n) is 7.14. The quantitative estimate of drug-likeness (QED) is 0.106. The minimum absolute atomic E-state index is 0.656. The van der Waals surface area contributed by atoms with Crippen molar-refractivity contribution in [2.75, 3.05) is 0 Å². The first kappa shape index (κ1) is 37.7. The van der Waals surface area contributed by atoms with Crippen LogP contribution in [0.15, 0.2) is 106 Å². The molecule has 0 fully saturated rings. The zero-order valence-corrected chi connectivity index (χ0v) is 28.2. The Balaban J connectivity index is 4.28. The molecule has 0 saturated heterocycles. The molecule has 0 aliphatic carbocycles. The second kappa shape index (κ2) is 24.5. The minimum Gasteiger partial charge on any atom is -0.0859 e. The minimum atomic E-state index is 0.656. The van der Waals surface area contributed by atoms with E-state index >= 15 is 0 Å². The summed E-state index contributed by atoms with van der Waals surface area (Å²) < 4.78 is 0. The van der Waals surface area contributed by atoms with Crippen LogP contribution in [0.5, 0.6) is 0 Å². The van der Waals surface area contributed by atoms with Crippen LogP contribution in [0.4, 0.5) is 0 Å². The molecule has 0 rings (SSSR count). The molecule has 0 radical (unpaired) electrons. The summed E-state index contributed by atoms with van der Waals surface area (Å²) in [5, 5.41) is 0. The van der Waals surface area contributed by atoms with Gasteiger partial charge in [0.1, 0.15) is 0 Å². The van der Waals surface area contributed by atoms with Gasteiger partial charge in [-0.1, -0.05) is 113 Å². The summed E-state index contributed by atoms with van der Waals surface area (Å²) in [5.74, 6) is 0.656. The van der Waals surface area contributed by atoms with E-state index in [1.54, 1.807) is 0 Å². The second-order valence-electron chi connectivity index (χ2n) is 12.5. The highest BCUT2D eigenvalue weighted by Gasteiger charge is 1.96. The Morgan fingerprint density at radius 1 is 0.475 bits per heavy atom. The maximum atomic E-state index is 2.43. The van der Waals surface area contributed by atoms with Gasteiger partial charge in [-0.2, -0.15) is 0 Å². The van der Waals surface area contributed by atoms with Crippen LogP contribution in [0, 0.1) is 5.92 Å². The third kappa shape index (κ3) is 25.9. The first-order valence-electron chi connectivity index (χ1n) is 15.9. The monoisotopic (exact) mass is 545 g/mol. The topological polar surface area (TPSA) is 0 Å². The van der Waals surface area contributed by atoms with Crippen molar-refractivity contribution in [2.45, 2.75) is 140 Å². The van der Waals surface area contributed by atoms with Crippen molar-refractivity contribution in [3.8, 4) is 0 Å². The van der Waals surface area contributed by atoms with E-state index in [2.05, 4.69) is 136 Å². The molecule has 224 valence electrons. The Bertz CT molecular complexity index is 954. The van der Waals surface area contributed by atoms with E-state index < -0.39 is 0 Å². The predicted octanol–water partition coefficient (Wildman–Crippen LogP) is 13.7. The highest BCUT2D eigenvalue weighted by molar-refractivity contribution is 5.19. The molecule has 1 unspecified atom stereocenters. The van der Waals surface area contributed by atoms with Gasteiger partial charge in [0.05, 0.1) is 0 Å². The average Bonchev–Trinajstić information content (AvgIpc) is 2.86. The van der Waals surface area contributed by atoms with Gasteiger partial charge in [0.25, 0.3) is 0 Å². The van der Waals surface area contributed by atoms with E-state index in [-0.39, 0.29) is 0 Å². The van der Waals surface area contributed by atoms with Crippen LogP contribution in [-0.4, -0.2) is 0 Å². The maximum Gasteiger partial charge on any atom is -0.0141 e.